The molecule has 0 radical (unpaired) electrons. The summed E-state index contributed by atoms with van der Waals surface area (Å²) in [5, 5.41) is 7.63. The van der Waals surface area contributed by atoms with Crippen LogP contribution in [-0.4, -0.2) is 41.7 Å². The average molecular weight is 225 g/mol. The molecule has 3 atom stereocenters. The van der Waals surface area contributed by atoms with Crippen molar-refractivity contribution in [2.45, 2.75) is 31.6 Å². The summed E-state index contributed by atoms with van der Waals surface area (Å²) >= 11 is 0. The third kappa shape index (κ3) is 2.20. The topological polar surface area (TPSA) is 48.3 Å². The van der Waals surface area contributed by atoms with Crippen molar-refractivity contribution >= 4 is 5.82 Å². The summed E-state index contributed by atoms with van der Waals surface area (Å²) in [6.45, 7) is 2.74. The van der Waals surface area contributed by atoms with Gasteiger partial charge in [-0.2, -0.15) is 5.10 Å². The minimum Gasteiger partial charge on any atom is -0.377 e. The Morgan fingerprint density at radius 3 is 3.00 bits per heavy atom. The molecule has 1 heterocycles. The molecule has 90 valence electrons. The van der Waals surface area contributed by atoms with Crippen molar-refractivity contribution in [3.63, 3.8) is 0 Å². The zero-order valence-electron chi connectivity index (χ0n) is 10.0. The van der Waals surface area contributed by atoms with E-state index in [-0.39, 0.29) is 12.2 Å². The van der Waals surface area contributed by atoms with Crippen LogP contribution in [0, 0.1) is 0 Å². The molecule has 0 amide bonds. The molecule has 0 aliphatic heterocycles. The van der Waals surface area contributed by atoms with E-state index in [2.05, 4.69) is 10.4 Å². The molecule has 1 aliphatic rings. The second kappa shape index (κ2) is 4.84. The van der Waals surface area contributed by atoms with E-state index in [1.54, 1.807) is 11.8 Å². The third-order valence-electron chi connectivity index (χ3n) is 2.95. The molecule has 3 unspecified atom stereocenters. The van der Waals surface area contributed by atoms with E-state index in [9.17, 15) is 0 Å². The van der Waals surface area contributed by atoms with E-state index in [0.717, 1.165) is 18.8 Å². The van der Waals surface area contributed by atoms with Crippen molar-refractivity contribution in [2.75, 3.05) is 19.0 Å². The Morgan fingerprint density at radius 2 is 2.44 bits per heavy atom. The molecule has 2 rings (SSSR count). The molecular formula is C11H19N3O2. The fourth-order valence-corrected chi connectivity index (χ4v) is 2.10. The Hall–Kier alpha value is -1.07. The third-order valence-corrected chi connectivity index (χ3v) is 2.95. The van der Waals surface area contributed by atoms with Gasteiger partial charge in [0.05, 0.1) is 12.1 Å². The molecule has 5 nitrogen and oxygen atoms in total. The first-order valence-corrected chi connectivity index (χ1v) is 5.65. The van der Waals surface area contributed by atoms with Crippen LogP contribution in [0.1, 0.15) is 13.3 Å². The minimum absolute atomic E-state index is 0.127. The van der Waals surface area contributed by atoms with Gasteiger partial charge in [-0.25, -0.2) is 0 Å². The SMILES string of the molecule is CCOC1CC(Nc2ccn(C)n2)C1OC. The van der Waals surface area contributed by atoms with Gasteiger partial charge in [-0.1, -0.05) is 0 Å². The highest BCUT2D eigenvalue weighted by Gasteiger charge is 2.42. The number of hydrogen-bond donors (Lipinski definition) is 1. The standard InChI is InChI=1S/C11H19N3O2/c1-4-16-9-7-8(11(9)15-3)12-10-5-6-14(2)13-10/h5-6,8-9,11H,4,7H2,1-3H3,(H,12,13). The molecule has 0 aromatic carbocycles. The molecule has 16 heavy (non-hydrogen) atoms. The van der Waals surface area contributed by atoms with Crippen molar-refractivity contribution in [3.8, 4) is 0 Å². The normalized spacial score (nSPS) is 28.8. The highest BCUT2D eigenvalue weighted by molar-refractivity contribution is 5.35. The molecule has 1 fully saturated rings. The number of nitrogens with zero attached hydrogens (tertiary/aromatic N) is 2. The lowest BCUT2D eigenvalue weighted by atomic mass is 9.85. The molecule has 1 saturated carbocycles. The van der Waals surface area contributed by atoms with Crippen LogP contribution in [0.3, 0.4) is 0 Å². The highest BCUT2D eigenvalue weighted by Crippen LogP contribution is 2.29. The van der Waals surface area contributed by atoms with Crippen molar-refractivity contribution in [3.05, 3.63) is 12.3 Å². The van der Waals surface area contributed by atoms with Gasteiger partial charge in [0.25, 0.3) is 0 Å². The van der Waals surface area contributed by atoms with Crippen molar-refractivity contribution < 1.29 is 9.47 Å². The average Bonchev–Trinajstić information content (AvgIpc) is 2.63. The maximum atomic E-state index is 5.56. The Bertz CT molecular complexity index is 340. The summed E-state index contributed by atoms with van der Waals surface area (Å²) in [5.74, 6) is 0.893. The van der Waals surface area contributed by atoms with E-state index in [1.165, 1.54) is 0 Å². The van der Waals surface area contributed by atoms with E-state index in [0.29, 0.717) is 6.04 Å². The van der Waals surface area contributed by atoms with Crippen LogP contribution in [0.25, 0.3) is 0 Å². The molecule has 0 saturated heterocycles. The Labute approximate surface area is 95.7 Å². The van der Waals surface area contributed by atoms with Crippen LogP contribution >= 0.6 is 0 Å². The summed E-state index contributed by atoms with van der Waals surface area (Å²) in [6, 6.07) is 2.26. The second-order valence-corrected chi connectivity index (χ2v) is 4.06. The summed E-state index contributed by atoms with van der Waals surface area (Å²) < 4.78 is 12.8. The molecule has 0 bridgehead atoms. The van der Waals surface area contributed by atoms with Crippen LogP contribution in [0.15, 0.2) is 12.3 Å². The molecule has 1 N–H and O–H groups in total. The van der Waals surface area contributed by atoms with Gasteiger partial charge in [0, 0.05) is 33.0 Å². The maximum Gasteiger partial charge on any atom is 0.148 e. The lowest BCUT2D eigenvalue weighted by Crippen LogP contribution is -2.56. The first-order chi connectivity index (χ1) is 7.74. The van der Waals surface area contributed by atoms with Gasteiger partial charge < -0.3 is 14.8 Å². The molecule has 1 aliphatic carbocycles. The lowest BCUT2D eigenvalue weighted by Gasteiger charge is -2.43. The monoisotopic (exact) mass is 225 g/mol. The van der Waals surface area contributed by atoms with Crippen LogP contribution in [0.2, 0.25) is 0 Å². The predicted molar refractivity (Wildman–Crippen MR) is 61.4 cm³/mol. The van der Waals surface area contributed by atoms with Gasteiger partial charge in [0.15, 0.2) is 0 Å². The summed E-state index contributed by atoms with van der Waals surface area (Å²) in [5.41, 5.74) is 0. The molecular weight excluding hydrogens is 206 g/mol. The van der Waals surface area contributed by atoms with Crippen LogP contribution in [-0.2, 0) is 16.5 Å². The second-order valence-electron chi connectivity index (χ2n) is 4.06. The van der Waals surface area contributed by atoms with Gasteiger partial charge in [0.1, 0.15) is 11.9 Å². The van der Waals surface area contributed by atoms with Crippen LogP contribution in [0.4, 0.5) is 5.82 Å². The number of hydrogen-bond acceptors (Lipinski definition) is 4. The first kappa shape index (κ1) is 11.4. The molecule has 0 spiro atoms. The Morgan fingerprint density at radius 1 is 1.62 bits per heavy atom. The van der Waals surface area contributed by atoms with Gasteiger partial charge in [-0.15, -0.1) is 0 Å². The van der Waals surface area contributed by atoms with E-state index < -0.39 is 0 Å². The van der Waals surface area contributed by atoms with Gasteiger partial charge in [0.2, 0.25) is 0 Å². The van der Waals surface area contributed by atoms with Crippen LogP contribution in [0.5, 0.6) is 0 Å². The fraction of sp³-hybridized carbons (Fsp3) is 0.727. The van der Waals surface area contributed by atoms with Gasteiger partial charge in [-0.3, -0.25) is 4.68 Å². The molecule has 1 aromatic heterocycles. The smallest absolute Gasteiger partial charge is 0.148 e. The summed E-state index contributed by atoms with van der Waals surface area (Å²) in [6.07, 6.45) is 3.24. The van der Waals surface area contributed by atoms with Crippen LogP contribution < -0.4 is 5.32 Å². The predicted octanol–water partition coefficient (Wildman–Crippen LogP) is 1.02. The zero-order valence-corrected chi connectivity index (χ0v) is 10.0. The summed E-state index contributed by atoms with van der Waals surface area (Å²) in [4.78, 5) is 0. The van der Waals surface area contributed by atoms with E-state index in [4.69, 9.17) is 9.47 Å². The van der Waals surface area contributed by atoms with Crippen molar-refractivity contribution in [2.24, 2.45) is 7.05 Å². The molecule has 5 heteroatoms. The van der Waals surface area contributed by atoms with Gasteiger partial charge >= 0.3 is 0 Å². The Balaban J connectivity index is 1.88. The number of ether oxygens (including phenoxy) is 2. The summed E-state index contributed by atoms with van der Waals surface area (Å²) in [7, 11) is 3.63. The maximum absolute atomic E-state index is 5.56. The van der Waals surface area contributed by atoms with E-state index >= 15 is 0 Å². The fourth-order valence-electron chi connectivity index (χ4n) is 2.10. The van der Waals surface area contributed by atoms with Crippen molar-refractivity contribution in [1.82, 2.24) is 9.78 Å². The van der Waals surface area contributed by atoms with Gasteiger partial charge in [-0.05, 0) is 13.3 Å². The number of nitrogens with one attached hydrogen (secondary N) is 1. The number of rotatable bonds is 5. The number of aromatic nitrogens is 2. The zero-order chi connectivity index (χ0) is 11.5. The number of anilines is 1. The minimum atomic E-state index is 0.127. The highest BCUT2D eigenvalue weighted by atomic mass is 16.5. The lowest BCUT2D eigenvalue weighted by molar-refractivity contribution is -0.118. The Kier molecular flexibility index (Phi) is 3.46. The first-order valence-electron chi connectivity index (χ1n) is 5.65. The quantitative estimate of drug-likeness (QED) is 0.813. The van der Waals surface area contributed by atoms with E-state index in [1.807, 2.05) is 26.2 Å². The largest absolute Gasteiger partial charge is 0.377 e. The number of aryl methyl sites for hydroxylation is 1. The molecule has 1 aromatic rings. The van der Waals surface area contributed by atoms with Crippen molar-refractivity contribution in [1.29, 1.82) is 0 Å². The number of methoxy groups -OCH3 is 1.